The van der Waals surface area contributed by atoms with Crippen LogP contribution in [0.25, 0.3) is 0 Å². The number of carbonyl (C=O) groups is 3. The van der Waals surface area contributed by atoms with Crippen LogP contribution < -0.4 is 10.6 Å². The summed E-state index contributed by atoms with van der Waals surface area (Å²) in [4.78, 5) is 37.2. The van der Waals surface area contributed by atoms with Gasteiger partial charge in [0.2, 0.25) is 5.91 Å². The fourth-order valence-corrected chi connectivity index (χ4v) is 4.41. The van der Waals surface area contributed by atoms with E-state index in [2.05, 4.69) is 10.6 Å². The lowest BCUT2D eigenvalue weighted by molar-refractivity contribution is -0.119. The Balaban J connectivity index is 1.68. The number of aryl methyl sites for hydroxylation is 1. The number of nitrogens with one attached hydrogen (secondary N) is 2. The van der Waals surface area contributed by atoms with Gasteiger partial charge in [-0.1, -0.05) is 11.6 Å². The van der Waals surface area contributed by atoms with Gasteiger partial charge < -0.3 is 15.4 Å². The molecule has 1 heterocycles. The first-order valence-corrected chi connectivity index (χ1v) is 9.78. The highest BCUT2D eigenvalue weighted by Crippen LogP contribution is 2.38. The van der Waals surface area contributed by atoms with E-state index < -0.39 is 18.5 Å². The van der Waals surface area contributed by atoms with Crippen LogP contribution in [0.4, 0.5) is 10.7 Å². The molecule has 8 heteroatoms. The summed E-state index contributed by atoms with van der Waals surface area (Å²) in [6.07, 6.45) is 3.70. The Kier molecular flexibility index (Phi) is 6.13. The smallest absolute Gasteiger partial charge is 0.341 e. The van der Waals surface area contributed by atoms with E-state index in [-0.39, 0.29) is 5.91 Å². The lowest BCUT2D eigenvalue weighted by Gasteiger charge is -2.13. The Morgan fingerprint density at radius 1 is 1.11 bits per heavy atom. The van der Waals surface area contributed by atoms with Gasteiger partial charge in [-0.3, -0.25) is 9.59 Å². The second-order valence-electron chi connectivity index (χ2n) is 6.23. The Morgan fingerprint density at radius 2 is 1.81 bits per heavy atom. The van der Waals surface area contributed by atoms with Gasteiger partial charge in [0, 0.05) is 22.5 Å². The van der Waals surface area contributed by atoms with Gasteiger partial charge in [-0.25, -0.2) is 4.79 Å². The minimum absolute atomic E-state index is 0.247. The molecule has 1 aromatic heterocycles. The van der Waals surface area contributed by atoms with Gasteiger partial charge >= 0.3 is 5.97 Å². The van der Waals surface area contributed by atoms with Crippen LogP contribution in [0.5, 0.6) is 0 Å². The highest BCUT2D eigenvalue weighted by Gasteiger charge is 2.27. The molecule has 2 N–H and O–H groups in total. The largest absolute Gasteiger partial charge is 0.452 e. The molecule has 0 saturated heterocycles. The zero-order chi connectivity index (χ0) is 19.4. The highest BCUT2D eigenvalue weighted by molar-refractivity contribution is 7.17. The molecule has 0 spiro atoms. The first kappa shape index (κ1) is 19.4. The van der Waals surface area contributed by atoms with Crippen molar-refractivity contribution < 1.29 is 19.1 Å². The number of fused-ring (bicyclic) bond motifs is 1. The average molecular weight is 407 g/mol. The highest BCUT2D eigenvalue weighted by atomic mass is 35.5. The normalized spacial score (nSPS) is 12.8. The van der Waals surface area contributed by atoms with Crippen LogP contribution in [0.3, 0.4) is 0 Å². The fraction of sp³-hybridized carbons (Fsp3) is 0.316. The monoisotopic (exact) mass is 406 g/mol. The van der Waals surface area contributed by atoms with Crippen molar-refractivity contribution in [3.8, 4) is 0 Å². The van der Waals surface area contributed by atoms with Crippen molar-refractivity contribution in [2.75, 3.05) is 17.2 Å². The maximum absolute atomic E-state index is 12.6. The van der Waals surface area contributed by atoms with Gasteiger partial charge in [-0.05, 0) is 55.5 Å². The van der Waals surface area contributed by atoms with E-state index in [4.69, 9.17) is 16.3 Å². The minimum Gasteiger partial charge on any atom is -0.452 e. The average Bonchev–Trinajstić information content (AvgIpc) is 2.98. The van der Waals surface area contributed by atoms with Crippen molar-refractivity contribution in [3.05, 3.63) is 45.3 Å². The third-order valence-electron chi connectivity index (χ3n) is 4.13. The van der Waals surface area contributed by atoms with E-state index in [1.807, 2.05) is 0 Å². The summed E-state index contributed by atoms with van der Waals surface area (Å²) < 4.78 is 5.21. The minimum atomic E-state index is -0.593. The van der Waals surface area contributed by atoms with E-state index in [9.17, 15) is 14.4 Å². The number of ether oxygens (including phenoxy) is 1. The Labute approximate surface area is 165 Å². The first-order valence-electron chi connectivity index (χ1n) is 8.58. The topological polar surface area (TPSA) is 84.5 Å². The van der Waals surface area contributed by atoms with Crippen LogP contribution in [-0.2, 0) is 27.2 Å². The van der Waals surface area contributed by atoms with Crippen LogP contribution in [0, 0.1) is 0 Å². The molecule has 0 radical (unpaired) electrons. The summed E-state index contributed by atoms with van der Waals surface area (Å²) in [5, 5.41) is 6.41. The van der Waals surface area contributed by atoms with Crippen LogP contribution in [0.1, 0.15) is 40.6 Å². The van der Waals surface area contributed by atoms with Crippen LogP contribution in [0.15, 0.2) is 24.3 Å². The maximum Gasteiger partial charge on any atom is 0.341 e. The van der Waals surface area contributed by atoms with Crippen molar-refractivity contribution in [1.82, 2.24) is 0 Å². The number of amides is 2. The Morgan fingerprint density at radius 3 is 2.52 bits per heavy atom. The number of benzene rings is 1. The number of hydrogen-bond donors (Lipinski definition) is 2. The molecular formula is C19H19ClN2O4S. The third-order valence-corrected chi connectivity index (χ3v) is 5.59. The van der Waals surface area contributed by atoms with Crippen molar-refractivity contribution in [3.63, 3.8) is 0 Å². The summed E-state index contributed by atoms with van der Waals surface area (Å²) in [6.45, 7) is 0.985. The van der Waals surface area contributed by atoms with Crippen LogP contribution in [0.2, 0.25) is 5.02 Å². The van der Waals surface area contributed by atoms with Crippen molar-refractivity contribution >= 4 is 51.4 Å². The quantitative estimate of drug-likeness (QED) is 0.734. The zero-order valence-electron chi connectivity index (χ0n) is 14.8. The molecule has 0 unspecified atom stereocenters. The van der Waals surface area contributed by atoms with Gasteiger partial charge in [-0.2, -0.15) is 0 Å². The molecule has 0 fully saturated rings. The van der Waals surface area contributed by atoms with E-state index in [1.165, 1.54) is 18.3 Å². The van der Waals surface area contributed by atoms with Gasteiger partial charge in [0.1, 0.15) is 5.00 Å². The molecule has 2 amide bonds. The number of hydrogen-bond acceptors (Lipinski definition) is 5. The Bertz CT molecular complexity index is 877. The van der Waals surface area contributed by atoms with Gasteiger partial charge in [-0.15, -0.1) is 11.3 Å². The number of halogens is 1. The van der Waals surface area contributed by atoms with E-state index in [1.54, 1.807) is 24.3 Å². The molecule has 142 valence electrons. The van der Waals surface area contributed by atoms with E-state index >= 15 is 0 Å². The predicted molar refractivity (Wildman–Crippen MR) is 106 cm³/mol. The summed E-state index contributed by atoms with van der Waals surface area (Å²) in [7, 11) is 0. The van der Waals surface area contributed by atoms with Crippen LogP contribution in [-0.4, -0.2) is 24.4 Å². The number of carbonyl (C=O) groups excluding carboxylic acids is 3. The molecule has 6 nitrogen and oxygen atoms in total. The standard InChI is InChI=1S/C19H19ClN2O4S/c1-11(23)21-18-17(14-4-2-3-5-15(14)27-18)19(25)26-10-16(24)22-13-8-6-12(20)7-9-13/h6-9H,2-5,10H2,1H3,(H,21,23)(H,22,24). The molecule has 1 aliphatic carbocycles. The van der Waals surface area contributed by atoms with Crippen molar-refractivity contribution in [2.45, 2.75) is 32.6 Å². The second-order valence-corrected chi connectivity index (χ2v) is 7.77. The number of anilines is 2. The van der Waals surface area contributed by atoms with E-state index in [0.717, 1.165) is 36.1 Å². The third kappa shape index (κ3) is 4.87. The molecule has 0 saturated carbocycles. The van der Waals surface area contributed by atoms with Crippen molar-refractivity contribution in [1.29, 1.82) is 0 Å². The number of thiophene rings is 1. The van der Waals surface area contributed by atoms with Crippen LogP contribution >= 0.6 is 22.9 Å². The molecule has 0 bridgehead atoms. The SMILES string of the molecule is CC(=O)Nc1sc2c(c1C(=O)OCC(=O)Nc1ccc(Cl)cc1)CCCC2. The molecule has 27 heavy (non-hydrogen) atoms. The molecule has 3 rings (SSSR count). The zero-order valence-corrected chi connectivity index (χ0v) is 16.3. The summed E-state index contributed by atoms with van der Waals surface area (Å²) in [5.41, 5.74) is 1.87. The summed E-state index contributed by atoms with van der Waals surface area (Å²) in [5.74, 6) is -1.29. The van der Waals surface area contributed by atoms with Crippen molar-refractivity contribution in [2.24, 2.45) is 0 Å². The molecular weight excluding hydrogens is 388 g/mol. The molecule has 0 aliphatic heterocycles. The van der Waals surface area contributed by atoms with E-state index in [0.29, 0.717) is 21.3 Å². The summed E-state index contributed by atoms with van der Waals surface area (Å²) >= 11 is 7.22. The van der Waals surface area contributed by atoms with Gasteiger partial charge in [0.15, 0.2) is 6.61 Å². The maximum atomic E-state index is 12.6. The molecule has 2 aromatic rings. The molecule has 0 atom stereocenters. The van der Waals surface area contributed by atoms with Gasteiger partial charge in [0.05, 0.1) is 5.56 Å². The first-order chi connectivity index (χ1) is 12.9. The van der Waals surface area contributed by atoms with Gasteiger partial charge in [0.25, 0.3) is 5.91 Å². The summed E-state index contributed by atoms with van der Waals surface area (Å²) in [6, 6.07) is 6.62. The Hall–Kier alpha value is -2.38. The lowest BCUT2D eigenvalue weighted by atomic mass is 9.95. The number of esters is 1. The predicted octanol–water partition coefficient (Wildman–Crippen LogP) is 4.03. The lowest BCUT2D eigenvalue weighted by Crippen LogP contribution is -2.22. The number of rotatable bonds is 5. The second kappa shape index (κ2) is 8.54. The molecule has 1 aromatic carbocycles. The fourth-order valence-electron chi connectivity index (χ4n) is 2.96. The molecule has 1 aliphatic rings.